The number of aromatic carboxylic acids is 1. The molecule has 1 aliphatic heterocycles. The lowest BCUT2D eigenvalue weighted by Crippen LogP contribution is -2.29. The van der Waals surface area contributed by atoms with Gasteiger partial charge in [0, 0.05) is 12.1 Å². The van der Waals surface area contributed by atoms with Crippen LogP contribution in [0.2, 0.25) is 0 Å². The van der Waals surface area contributed by atoms with Crippen molar-refractivity contribution in [3.8, 4) is 0 Å². The molecule has 1 aromatic rings. The Hall–Kier alpha value is -1.49. The molecule has 0 aliphatic carbocycles. The number of hydrogen-bond donors (Lipinski definition) is 2. The van der Waals surface area contributed by atoms with Gasteiger partial charge >= 0.3 is 5.97 Å². The molecular formula is C13H15NO3S. The fourth-order valence-corrected chi connectivity index (χ4v) is 3.16. The second kappa shape index (κ2) is 5.91. The number of rotatable bonds is 4. The van der Waals surface area contributed by atoms with Crippen molar-refractivity contribution in [2.75, 3.05) is 18.1 Å². The first kappa shape index (κ1) is 13.0. The van der Waals surface area contributed by atoms with E-state index in [4.69, 9.17) is 5.11 Å². The molecule has 1 atom stereocenters. The smallest absolute Gasteiger partial charge is 0.335 e. The molecule has 96 valence electrons. The van der Waals surface area contributed by atoms with E-state index in [0.717, 1.165) is 17.9 Å². The van der Waals surface area contributed by atoms with Crippen LogP contribution in [0.4, 0.5) is 0 Å². The van der Waals surface area contributed by atoms with Crippen LogP contribution in [0, 0.1) is 5.92 Å². The van der Waals surface area contributed by atoms with Gasteiger partial charge in [-0.3, -0.25) is 4.79 Å². The van der Waals surface area contributed by atoms with Crippen LogP contribution in [0.3, 0.4) is 0 Å². The largest absolute Gasteiger partial charge is 0.478 e. The first-order valence-electron chi connectivity index (χ1n) is 5.86. The van der Waals surface area contributed by atoms with E-state index >= 15 is 0 Å². The quantitative estimate of drug-likeness (QED) is 0.872. The third-order valence-corrected chi connectivity index (χ3v) is 4.18. The molecule has 0 bridgehead atoms. The molecule has 1 saturated heterocycles. The lowest BCUT2D eigenvalue weighted by molar-refractivity contribution is 0.0697. The fourth-order valence-electron chi connectivity index (χ4n) is 1.88. The molecule has 0 saturated carbocycles. The molecule has 1 heterocycles. The molecule has 2 N–H and O–H groups in total. The summed E-state index contributed by atoms with van der Waals surface area (Å²) in [6.07, 6.45) is 1.14. The summed E-state index contributed by atoms with van der Waals surface area (Å²) in [5.41, 5.74) is 0.541. The number of benzene rings is 1. The van der Waals surface area contributed by atoms with E-state index in [1.54, 1.807) is 12.1 Å². The Balaban J connectivity index is 1.95. The maximum atomic E-state index is 11.9. The van der Waals surface area contributed by atoms with Crippen molar-refractivity contribution < 1.29 is 14.7 Å². The number of hydrogen-bond acceptors (Lipinski definition) is 3. The van der Waals surface area contributed by atoms with Crippen molar-refractivity contribution in [3.63, 3.8) is 0 Å². The van der Waals surface area contributed by atoms with Gasteiger partial charge in [-0.2, -0.15) is 11.8 Å². The normalized spacial score (nSPS) is 18.6. The molecule has 1 aromatic carbocycles. The maximum Gasteiger partial charge on any atom is 0.335 e. The molecule has 18 heavy (non-hydrogen) atoms. The van der Waals surface area contributed by atoms with Gasteiger partial charge in [0.2, 0.25) is 0 Å². The van der Waals surface area contributed by atoms with Crippen LogP contribution in [-0.4, -0.2) is 35.0 Å². The predicted molar refractivity (Wildman–Crippen MR) is 71.2 cm³/mol. The van der Waals surface area contributed by atoms with Crippen molar-refractivity contribution in [2.24, 2.45) is 5.92 Å². The Bertz CT molecular complexity index is 455. The highest BCUT2D eigenvalue weighted by atomic mass is 32.2. The van der Waals surface area contributed by atoms with Crippen LogP contribution >= 0.6 is 11.8 Å². The SMILES string of the molecule is O=C(O)c1cccc(C(=O)NCC2CCSC2)c1. The van der Waals surface area contributed by atoms with Crippen LogP contribution in [0.25, 0.3) is 0 Å². The number of carbonyl (C=O) groups excluding carboxylic acids is 1. The minimum atomic E-state index is -1.02. The molecule has 1 unspecified atom stereocenters. The van der Waals surface area contributed by atoms with E-state index < -0.39 is 5.97 Å². The molecular weight excluding hydrogens is 250 g/mol. The number of carboxylic acid groups (broad SMARTS) is 1. The monoisotopic (exact) mass is 265 g/mol. The minimum Gasteiger partial charge on any atom is -0.478 e. The molecule has 1 aliphatic rings. The first-order valence-corrected chi connectivity index (χ1v) is 7.01. The van der Waals surface area contributed by atoms with Crippen molar-refractivity contribution in [1.82, 2.24) is 5.32 Å². The lowest BCUT2D eigenvalue weighted by atomic mass is 10.1. The highest BCUT2D eigenvalue weighted by Crippen LogP contribution is 2.22. The van der Waals surface area contributed by atoms with E-state index in [0.29, 0.717) is 18.0 Å². The van der Waals surface area contributed by atoms with Gasteiger partial charge in [-0.05, 0) is 42.0 Å². The summed E-state index contributed by atoms with van der Waals surface area (Å²) in [6.45, 7) is 0.670. The number of nitrogens with one attached hydrogen (secondary N) is 1. The highest BCUT2D eigenvalue weighted by molar-refractivity contribution is 7.99. The zero-order valence-corrected chi connectivity index (χ0v) is 10.7. The Labute approximate surface area is 110 Å². The van der Waals surface area contributed by atoms with Gasteiger partial charge in [-0.1, -0.05) is 6.07 Å². The van der Waals surface area contributed by atoms with Crippen LogP contribution in [-0.2, 0) is 0 Å². The molecule has 0 radical (unpaired) electrons. The van der Waals surface area contributed by atoms with E-state index in [2.05, 4.69) is 5.32 Å². The highest BCUT2D eigenvalue weighted by Gasteiger charge is 2.17. The number of amides is 1. The van der Waals surface area contributed by atoms with Gasteiger partial charge in [0.15, 0.2) is 0 Å². The zero-order valence-electron chi connectivity index (χ0n) is 9.89. The topological polar surface area (TPSA) is 66.4 Å². The molecule has 1 amide bonds. The third kappa shape index (κ3) is 3.26. The average Bonchev–Trinajstić information content (AvgIpc) is 2.89. The molecule has 5 heteroatoms. The van der Waals surface area contributed by atoms with Crippen molar-refractivity contribution in [1.29, 1.82) is 0 Å². The van der Waals surface area contributed by atoms with Gasteiger partial charge in [0.25, 0.3) is 5.91 Å². The third-order valence-electron chi connectivity index (χ3n) is 2.95. The molecule has 2 rings (SSSR count). The summed E-state index contributed by atoms with van der Waals surface area (Å²) in [5.74, 6) is 1.58. The Morgan fingerprint density at radius 2 is 2.17 bits per heavy atom. The predicted octanol–water partition coefficient (Wildman–Crippen LogP) is 1.87. The summed E-state index contributed by atoms with van der Waals surface area (Å²) in [7, 11) is 0. The minimum absolute atomic E-state index is 0.138. The van der Waals surface area contributed by atoms with E-state index in [1.165, 1.54) is 12.1 Å². The van der Waals surface area contributed by atoms with Crippen LogP contribution in [0.5, 0.6) is 0 Å². The van der Waals surface area contributed by atoms with E-state index in [1.807, 2.05) is 11.8 Å². The van der Waals surface area contributed by atoms with Crippen LogP contribution in [0.15, 0.2) is 24.3 Å². The van der Waals surface area contributed by atoms with Crippen LogP contribution < -0.4 is 5.32 Å². The zero-order chi connectivity index (χ0) is 13.0. The fraction of sp³-hybridized carbons (Fsp3) is 0.385. The summed E-state index contributed by atoms with van der Waals surface area (Å²) < 4.78 is 0. The number of thioether (sulfide) groups is 1. The van der Waals surface area contributed by atoms with Crippen molar-refractivity contribution in [3.05, 3.63) is 35.4 Å². The van der Waals surface area contributed by atoms with Gasteiger partial charge < -0.3 is 10.4 Å². The molecule has 4 nitrogen and oxygen atoms in total. The number of carbonyl (C=O) groups is 2. The number of carboxylic acids is 1. The van der Waals surface area contributed by atoms with Gasteiger partial charge in [0.1, 0.15) is 0 Å². The van der Waals surface area contributed by atoms with Gasteiger partial charge in [0.05, 0.1) is 5.56 Å². The van der Waals surface area contributed by atoms with Crippen molar-refractivity contribution >= 4 is 23.6 Å². The van der Waals surface area contributed by atoms with Gasteiger partial charge in [-0.15, -0.1) is 0 Å². The maximum absolute atomic E-state index is 11.9. The summed E-state index contributed by atoms with van der Waals surface area (Å²) in [5, 5.41) is 11.7. The standard InChI is InChI=1S/C13H15NO3S/c15-12(14-7-9-4-5-18-8-9)10-2-1-3-11(6-10)13(16)17/h1-3,6,9H,4-5,7-8H2,(H,14,15)(H,16,17). The second-order valence-corrected chi connectivity index (χ2v) is 5.48. The van der Waals surface area contributed by atoms with Crippen molar-refractivity contribution in [2.45, 2.75) is 6.42 Å². The Kier molecular flexibility index (Phi) is 4.25. The van der Waals surface area contributed by atoms with E-state index in [9.17, 15) is 9.59 Å². The van der Waals surface area contributed by atoms with Crippen LogP contribution in [0.1, 0.15) is 27.1 Å². The summed E-state index contributed by atoms with van der Waals surface area (Å²) >= 11 is 1.91. The average molecular weight is 265 g/mol. The Morgan fingerprint density at radius 1 is 1.39 bits per heavy atom. The second-order valence-electron chi connectivity index (χ2n) is 4.33. The molecule has 0 aromatic heterocycles. The molecule has 1 fully saturated rings. The van der Waals surface area contributed by atoms with Gasteiger partial charge in [-0.25, -0.2) is 4.79 Å². The van der Waals surface area contributed by atoms with E-state index in [-0.39, 0.29) is 11.5 Å². The lowest BCUT2D eigenvalue weighted by Gasteiger charge is -2.10. The first-order chi connectivity index (χ1) is 8.66. The summed E-state index contributed by atoms with van der Waals surface area (Å²) in [4.78, 5) is 22.7. The summed E-state index contributed by atoms with van der Waals surface area (Å²) in [6, 6.07) is 6.10. The Morgan fingerprint density at radius 3 is 2.83 bits per heavy atom. The molecule has 0 spiro atoms.